The van der Waals surface area contributed by atoms with Crippen LogP contribution in [0.1, 0.15) is 36.8 Å². The second-order valence-electron chi connectivity index (χ2n) is 6.50. The number of ether oxygens (including phenoxy) is 2. The first-order chi connectivity index (χ1) is 12.8. The van der Waals surface area contributed by atoms with Gasteiger partial charge in [0, 0.05) is 33.4 Å². The van der Waals surface area contributed by atoms with Crippen LogP contribution >= 0.6 is 11.8 Å². The zero-order chi connectivity index (χ0) is 18.5. The predicted octanol–water partition coefficient (Wildman–Crippen LogP) is 3.19. The van der Waals surface area contributed by atoms with Crippen molar-refractivity contribution >= 4 is 17.7 Å². The van der Waals surface area contributed by atoms with E-state index in [-0.39, 0.29) is 0 Å². The van der Waals surface area contributed by atoms with Crippen molar-refractivity contribution in [3.63, 3.8) is 0 Å². The third-order valence-corrected chi connectivity index (χ3v) is 5.09. The van der Waals surface area contributed by atoms with E-state index in [1.165, 1.54) is 29.7 Å². The van der Waals surface area contributed by atoms with Crippen molar-refractivity contribution in [3.05, 3.63) is 35.4 Å². The van der Waals surface area contributed by atoms with Crippen LogP contribution in [0.15, 0.2) is 29.3 Å². The van der Waals surface area contributed by atoms with Crippen LogP contribution in [0.25, 0.3) is 0 Å². The lowest BCUT2D eigenvalue weighted by Gasteiger charge is -2.22. The fourth-order valence-corrected chi connectivity index (χ4v) is 3.36. The number of thioether (sulfide) groups is 1. The maximum atomic E-state index is 6.02. The average molecular weight is 380 g/mol. The Balaban J connectivity index is 1.70. The summed E-state index contributed by atoms with van der Waals surface area (Å²) in [5.74, 6) is 2.08. The monoisotopic (exact) mass is 379 g/mol. The lowest BCUT2D eigenvalue weighted by Crippen LogP contribution is -2.37. The third kappa shape index (κ3) is 8.43. The van der Waals surface area contributed by atoms with Gasteiger partial charge >= 0.3 is 0 Å². The molecule has 1 heterocycles. The molecule has 6 heteroatoms. The van der Waals surface area contributed by atoms with Gasteiger partial charge in [-0.3, -0.25) is 4.99 Å². The second kappa shape index (κ2) is 13.0. The average Bonchev–Trinajstić information content (AvgIpc) is 2.69. The number of benzene rings is 1. The Morgan fingerprint density at radius 1 is 1.23 bits per heavy atom. The van der Waals surface area contributed by atoms with Crippen molar-refractivity contribution in [3.8, 4) is 0 Å². The summed E-state index contributed by atoms with van der Waals surface area (Å²) in [6, 6.07) is 8.56. The van der Waals surface area contributed by atoms with Crippen LogP contribution < -0.4 is 10.6 Å². The molecule has 0 bridgehead atoms. The molecule has 1 fully saturated rings. The fraction of sp³-hybridized carbons (Fsp3) is 0.650. The predicted molar refractivity (Wildman–Crippen MR) is 111 cm³/mol. The van der Waals surface area contributed by atoms with Crippen LogP contribution in [0.3, 0.4) is 0 Å². The molecule has 1 aromatic carbocycles. The lowest BCUT2D eigenvalue weighted by molar-refractivity contribution is -0.0390. The quantitative estimate of drug-likeness (QED) is 0.371. The van der Waals surface area contributed by atoms with Crippen molar-refractivity contribution in [2.45, 2.75) is 44.9 Å². The van der Waals surface area contributed by atoms with Gasteiger partial charge in [0.1, 0.15) is 0 Å². The zero-order valence-corrected chi connectivity index (χ0v) is 16.9. The van der Waals surface area contributed by atoms with Crippen LogP contribution in [0.2, 0.25) is 0 Å². The molecular formula is C20H33N3O2S. The van der Waals surface area contributed by atoms with E-state index in [9.17, 15) is 0 Å². The lowest BCUT2D eigenvalue weighted by atomic mass is 10.1. The van der Waals surface area contributed by atoms with E-state index in [0.717, 1.165) is 45.1 Å². The summed E-state index contributed by atoms with van der Waals surface area (Å²) < 4.78 is 11.4. The summed E-state index contributed by atoms with van der Waals surface area (Å²) in [4.78, 5) is 4.29. The van der Waals surface area contributed by atoms with E-state index < -0.39 is 0 Å². The number of aliphatic imine (C=N–C) groups is 1. The largest absolute Gasteiger partial charge is 0.381 e. The summed E-state index contributed by atoms with van der Waals surface area (Å²) in [6.07, 6.45) is 6.89. The highest BCUT2D eigenvalue weighted by Gasteiger charge is 2.14. The molecule has 0 amide bonds. The number of nitrogens with zero attached hydrogens (tertiary/aromatic N) is 1. The molecule has 0 radical (unpaired) electrons. The molecule has 0 aromatic heterocycles. The SMILES string of the molecule is CN=C(NCCCCSC)NCc1cccc(COC2CCOCC2)c1. The molecular weight excluding hydrogens is 346 g/mol. The molecule has 146 valence electrons. The normalized spacial score (nSPS) is 15.8. The molecule has 2 rings (SSSR count). The van der Waals surface area contributed by atoms with Gasteiger partial charge in [0.2, 0.25) is 0 Å². The van der Waals surface area contributed by atoms with Crippen molar-refractivity contribution in [2.75, 3.05) is 38.8 Å². The molecule has 2 N–H and O–H groups in total. The summed E-state index contributed by atoms with van der Waals surface area (Å²) >= 11 is 1.90. The van der Waals surface area contributed by atoms with Crippen LogP contribution in [-0.4, -0.2) is 50.9 Å². The van der Waals surface area contributed by atoms with E-state index in [1.807, 2.05) is 18.8 Å². The first-order valence-corrected chi connectivity index (χ1v) is 10.9. The molecule has 0 aliphatic carbocycles. The van der Waals surface area contributed by atoms with Crippen LogP contribution in [0.5, 0.6) is 0 Å². The molecule has 0 atom stereocenters. The van der Waals surface area contributed by atoms with Crippen molar-refractivity contribution in [2.24, 2.45) is 4.99 Å². The second-order valence-corrected chi connectivity index (χ2v) is 7.48. The number of unbranched alkanes of at least 4 members (excludes halogenated alkanes) is 1. The van der Waals surface area contributed by atoms with E-state index in [1.54, 1.807) is 0 Å². The minimum atomic E-state index is 0.333. The van der Waals surface area contributed by atoms with Gasteiger partial charge in [-0.15, -0.1) is 0 Å². The summed E-state index contributed by atoms with van der Waals surface area (Å²) in [5.41, 5.74) is 2.46. The molecule has 0 spiro atoms. The highest BCUT2D eigenvalue weighted by atomic mass is 32.2. The van der Waals surface area contributed by atoms with Crippen LogP contribution in [0.4, 0.5) is 0 Å². The molecule has 0 saturated carbocycles. The molecule has 1 aliphatic rings. The Kier molecular flexibility index (Phi) is 10.5. The van der Waals surface area contributed by atoms with E-state index in [2.05, 4.69) is 46.1 Å². The Hall–Kier alpha value is -1.24. The zero-order valence-electron chi connectivity index (χ0n) is 16.1. The fourth-order valence-electron chi connectivity index (χ4n) is 2.87. The molecule has 0 unspecified atom stereocenters. The molecule has 1 saturated heterocycles. The Morgan fingerprint density at radius 3 is 2.81 bits per heavy atom. The highest BCUT2D eigenvalue weighted by molar-refractivity contribution is 7.98. The van der Waals surface area contributed by atoms with Gasteiger partial charge in [0.15, 0.2) is 5.96 Å². The maximum Gasteiger partial charge on any atom is 0.191 e. The maximum absolute atomic E-state index is 6.02. The molecule has 1 aliphatic heterocycles. The van der Waals surface area contributed by atoms with Gasteiger partial charge in [-0.25, -0.2) is 0 Å². The van der Waals surface area contributed by atoms with Gasteiger partial charge in [0.05, 0.1) is 12.7 Å². The van der Waals surface area contributed by atoms with E-state index in [0.29, 0.717) is 12.7 Å². The smallest absolute Gasteiger partial charge is 0.191 e. The van der Waals surface area contributed by atoms with E-state index in [4.69, 9.17) is 9.47 Å². The van der Waals surface area contributed by atoms with Crippen LogP contribution in [-0.2, 0) is 22.6 Å². The van der Waals surface area contributed by atoms with Gasteiger partial charge in [0.25, 0.3) is 0 Å². The Bertz CT molecular complexity index is 534. The third-order valence-electron chi connectivity index (χ3n) is 4.40. The Labute approximate surface area is 162 Å². The van der Waals surface area contributed by atoms with Crippen molar-refractivity contribution < 1.29 is 9.47 Å². The number of nitrogens with one attached hydrogen (secondary N) is 2. The van der Waals surface area contributed by atoms with Gasteiger partial charge in [-0.05, 0) is 48.8 Å². The van der Waals surface area contributed by atoms with Gasteiger partial charge in [-0.1, -0.05) is 24.3 Å². The number of guanidine groups is 1. The number of rotatable bonds is 10. The minimum absolute atomic E-state index is 0.333. The molecule has 1 aromatic rings. The number of hydrogen-bond donors (Lipinski definition) is 2. The van der Waals surface area contributed by atoms with Gasteiger partial charge in [-0.2, -0.15) is 11.8 Å². The Morgan fingerprint density at radius 2 is 2.04 bits per heavy atom. The van der Waals surface area contributed by atoms with Crippen molar-refractivity contribution in [1.29, 1.82) is 0 Å². The van der Waals surface area contributed by atoms with Crippen LogP contribution in [0, 0.1) is 0 Å². The first-order valence-electron chi connectivity index (χ1n) is 9.52. The standard InChI is InChI=1S/C20H33N3O2S/c1-21-20(22-10-3-4-13-26-2)23-15-17-6-5-7-18(14-17)16-25-19-8-11-24-12-9-19/h5-7,14,19H,3-4,8-13,15-16H2,1-2H3,(H2,21,22,23). The van der Waals surface area contributed by atoms with Crippen molar-refractivity contribution in [1.82, 2.24) is 10.6 Å². The topological polar surface area (TPSA) is 54.9 Å². The number of hydrogen-bond acceptors (Lipinski definition) is 4. The summed E-state index contributed by atoms with van der Waals surface area (Å²) in [6.45, 7) is 4.02. The highest BCUT2D eigenvalue weighted by Crippen LogP contribution is 2.14. The summed E-state index contributed by atoms with van der Waals surface area (Å²) in [5, 5.41) is 6.76. The first kappa shape index (κ1) is 21.1. The minimum Gasteiger partial charge on any atom is -0.381 e. The molecule has 26 heavy (non-hydrogen) atoms. The van der Waals surface area contributed by atoms with E-state index >= 15 is 0 Å². The summed E-state index contributed by atoms with van der Waals surface area (Å²) in [7, 11) is 1.81. The molecule has 5 nitrogen and oxygen atoms in total. The van der Waals surface area contributed by atoms with Gasteiger partial charge < -0.3 is 20.1 Å².